The lowest BCUT2D eigenvalue weighted by molar-refractivity contribution is 1.30. The van der Waals surface area contributed by atoms with Gasteiger partial charge in [-0.1, -0.05) is 11.6 Å². The van der Waals surface area contributed by atoms with E-state index in [1.165, 1.54) is 5.57 Å². The summed E-state index contributed by atoms with van der Waals surface area (Å²) in [5.74, 6) is 0. The van der Waals surface area contributed by atoms with E-state index in [0.29, 0.717) is 0 Å². The molecule has 0 spiro atoms. The van der Waals surface area contributed by atoms with Crippen molar-refractivity contribution in [2.24, 2.45) is 5.73 Å². The molecule has 0 aromatic rings. The molecule has 46 valence electrons. The van der Waals surface area contributed by atoms with Crippen LogP contribution in [0.1, 0.15) is 20.8 Å². The van der Waals surface area contributed by atoms with Crippen molar-refractivity contribution in [2.75, 3.05) is 0 Å². The van der Waals surface area contributed by atoms with Gasteiger partial charge in [0.05, 0.1) is 0 Å². The molecule has 0 unspecified atom stereocenters. The molecule has 0 bridgehead atoms. The molecule has 0 aliphatic heterocycles. The van der Waals surface area contributed by atoms with Crippen LogP contribution in [-0.4, -0.2) is 0 Å². The first-order valence-corrected chi connectivity index (χ1v) is 2.70. The molecular formula is C7H13N. The smallest absolute Gasteiger partial charge is 0.00488 e. The first-order chi connectivity index (χ1) is 3.63. The highest BCUT2D eigenvalue weighted by Gasteiger charge is 1.72. The van der Waals surface area contributed by atoms with Crippen LogP contribution in [0.15, 0.2) is 23.4 Å². The predicted octanol–water partition coefficient (Wildman–Crippen LogP) is 1.82. The van der Waals surface area contributed by atoms with Crippen LogP contribution in [0.3, 0.4) is 0 Å². The number of rotatable bonds is 1. The molecule has 0 atom stereocenters. The second kappa shape index (κ2) is 3.30. The highest BCUT2D eigenvalue weighted by Crippen LogP contribution is 1.89. The van der Waals surface area contributed by atoms with Gasteiger partial charge in [0.1, 0.15) is 0 Å². The molecule has 1 nitrogen and oxygen atoms in total. The molecular weight excluding hydrogens is 98.1 g/mol. The van der Waals surface area contributed by atoms with Crippen LogP contribution in [-0.2, 0) is 0 Å². The Morgan fingerprint density at radius 1 is 1.12 bits per heavy atom. The summed E-state index contributed by atoms with van der Waals surface area (Å²) in [5.41, 5.74) is 7.48. The van der Waals surface area contributed by atoms with Crippen molar-refractivity contribution in [3.8, 4) is 0 Å². The van der Waals surface area contributed by atoms with E-state index in [4.69, 9.17) is 5.73 Å². The lowest BCUT2D eigenvalue weighted by Gasteiger charge is -1.84. The number of nitrogens with two attached hydrogens (primary N) is 1. The Morgan fingerprint density at radius 3 is 1.75 bits per heavy atom. The molecule has 2 N–H and O–H groups in total. The van der Waals surface area contributed by atoms with Gasteiger partial charge in [0, 0.05) is 5.70 Å². The quantitative estimate of drug-likeness (QED) is 0.513. The Balaban J connectivity index is 3.76. The number of hydrogen-bond donors (Lipinski definition) is 1. The van der Waals surface area contributed by atoms with Gasteiger partial charge in [-0.3, -0.25) is 0 Å². The molecule has 0 aromatic carbocycles. The fourth-order valence-electron chi connectivity index (χ4n) is 0.298. The Kier molecular flexibility index (Phi) is 3.01. The molecule has 0 heterocycles. The van der Waals surface area contributed by atoms with E-state index in [2.05, 4.69) is 0 Å². The summed E-state index contributed by atoms with van der Waals surface area (Å²) in [4.78, 5) is 0. The third-order valence-electron chi connectivity index (χ3n) is 0.680. The largest absolute Gasteiger partial charge is 0.402 e. The minimum atomic E-state index is 0.853. The van der Waals surface area contributed by atoms with E-state index < -0.39 is 0 Å². The number of allylic oxidation sites excluding steroid dienone is 4. The molecule has 0 radical (unpaired) electrons. The molecule has 8 heavy (non-hydrogen) atoms. The van der Waals surface area contributed by atoms with Crippen LogP contribution in [0, 0.1) is 0 Å². The molecule has 0 aromatic heterocycles. The van der Waals surface area contributed by atoms with Crippen molar-refractivity contribution in [1.82, 2.24) is 0 Å². The summed E-state index contributed by atoms with van der Waals surface area (Å²) < 4.78 is 0. The monoisotopic (exact) mass is 111 g/mol. The van der Waals surface area contributed by atoms with Gasteiger partial charge in [0.25, 0.3) is 0 Å². The lowest BCUT2D eigenvalue weighted by atomic mass is 10.3. The zero-order valence-electron chi connectivity index (χ0n) is 5.73. The highest BCUT2D eigenvalue weighted by molar-refractivity contribution is 5.11. The van der Waals surface area contributed by atoms with Crippen LogP contribution in [0.25, 0.3) is 0 Å². The summed E-state index contributed by atoms with van der Waals surface area (Å²) in [5, 5.41) is 0. The van der Waals surface area contributed by atoms with Crippen LogP contribution in [0.5, 0.6) is 0 Å². The molecule has 0 rings (SSSR count). The molecule has 1 heteroatoms. The standard InChI is InChI=1S/C7H13N/c1-6(2)4-5-7(3)8/h4-5H,8H2,1-3H3/b7-5+. The van der Waals surface area contributed by atoms with E-state index in [1.807, 2.05) is 32.9 Å². The van der Waals surface area contributed by atoms with Gasteiger partial charge in [-0.2, -0.15) is 0 Å². The molecule has 0 aliphatic rings. The Labute approximate surface area is 50.9 Å². The topological polar surface area (TPSA) is 26.0 Å². The van der Waals surface area contributed by atoms with Crippen molar-refractivity contribution in [3.05, 3.63) is 23.4 Å². The van der Waals surface area contributed by atoms with Crippen molar-refractivity contribution >= 4 is 0 Å². The summed E-state index contributed by atoms with van der Waals surface area (Å²) in [7, 11) is 0. The van der Waals surface area contributed by atoms with E-state index in [1.54, 1.807) is 0 Å². The maximum absolute atomic E-state index is 5.36. The summed E-state index contributed by atoms with van der Waals surface area (Å²) in [6.07, 6.45) is 3.89. The fourth-order valence-corrected chi connectivity index (χ4v) is 0.298. The van der Waals surface area contributed by atoms with Gasteiger partial charge in [-0.05, 0) is 26.8 Å². The van der Waals surface area contributed by atoms with E-state index in [0.717, 1.165) is 5.70 Å². The zero-order chi connectivity index (χ0) is 6.57. The van der Waals surface area contributed by atoms with E-state index >= 15 is 0 Å². The van der Waals surface area contributed by atoms with Crippen LogP contribution >= 0.6 is 0 Å². The molecule has 0 saturated carbocycles. The van der Waals surface area contributed by atoms with Gasteiger partial charge in [0.15, 0.2) is 0 Å². The van der Waals surface area contributed by atoms with E-state index in [9.17, 15) is 0 Å². The SMILES string of the molecule is CC(C)=C/C=C(\C)N. The summed E-state index contributed by atoms with van der Waals surface area (Å²) in [6.45, 7) is 5.96. The van der Waals surface area contributed by atoms with Crippen LogP contribution in [0.4, 0.5) is 0 Å². The first-order valence-electron chi connectivity index (χ1n) is 2.70. The second-order valence-corrected chi connectivity index (χ2v) is 2.15. The lowest BCUT2D eigenvalue weighted by Crippen LogP contribution is -1.87. The second-order valence-electron chi connectivity index (χ2n) is 2.15. The highest BCUT2D eigenvalue weighted by atomic mass is 14.5. The Morgan fingerprint density at radius 2 is 1.62 bits per heavy atom. The fraction of sp³-hybridized carbons (Fsp3) is 0.429. The number of hydrogen-bond acceptors (Lipinski definition) is 1. The van der Waals surface area contributed by atoms with Crippen molar-refractivity contribution in [2.45, 2.75) is 20.8 Å². The summed E-state index contributed by atoms with van der Waals surface area (Å²) >= 11 is 0. The first kappa shape index (κ1) is 7.28. The average molecular weight is 111 g/mol. The Hall–Kier alpha value is -0.720. The third-order valence-corrected chi connectivity index (χ3v) is 0.680. The van der Waals surface area contributed by atoms with Crippen molar-refractivity contribution in [3.63, 3.8) is 0 Å². The maximum Gasteiger partial charge on any atom is 0.00488 e. The van der Waals surface area contributed by atoms with E-state index in [-0.39, 0.29) is 0 Å². The molecule has 0 saturated heterocycles. The Bertz CT molecular complexity index is 96.3. The maximum atomic E-state index is 5.36. The molecule has 0 fully saturated rings. The normalized spacial score (nSPS) is 11.1. The third kappa shape index (κ3) is 5.28. The summed E-state index contributed by atoms with van der Waals surface area (Å²) in [6, 6.07) is 0. The van der Waals surface area contributed by atoms with Gasteiger partial charge < -0.3 is 5.73 Å². The van der Waals surface area contributed by atoms with Crippen LogP contribution in [0.2, 0.25) is 0 Å². The predicted molar refractivity (Wildman–Crippen MR) is 37.4 cm³/mol. The molecule has 0 aliphatic carbocycles. The van der Waals surface area contributed by atoms with Crippen molar-refractivity contribution in [1.29, 1.82) is 0 Å². The minimum absolute atomic E-state index is 0.853. The van der Waals surface area contributed by atoms with Gasteiger partial charge in [0.2, 0.25) is 0 Å². The van der Waals surface area contributed by atoms with Gasteiger partial charge >= 0.3 is 0 Å². The van der Waals surface area contributed by atoms with Crippen LogP contribution < -0.4 is 5.73 Å². The molecule has 0 amide bonds. The zero-order valence-corrected chi connectivity index (χ0v) is 5.73. The van der Waals surface area contributed by atoms with Crippen molar-refractivity contribution < 1.29 is 0 Å². The van der Waals surface area contributed by atoms with Gasteiger partial charge in [-0.15, -0.1) is 0 Å². The minimum Gasteiger partial charge on any atom is -0.402 e. The van der Waals surface area contributed by atoms with Gasteiger partial charge in [-0.25, -0.2) is 0 Å². The average Bonchev–Trinajstić information content (AvgIpc) is 1.61.